The first-order valence-corrected chi connectivity index (χ1v) is 6.34. The molecule has 0 fully saturated rings. The van der Waals surface area contributed by atoms with Gasteiger partial charge >= 0.3 is 0 Å². The molecule has 1 heterocycles. The van der Waals surface area contributed by atoms with Crippen LogP contribution in [0.2, 0.25) is 0 Å². The highest BCUT2D eigenvalue weighted by Crippen LogP contribution is 2.20. The Balaban J connectivity index is 2.80. The van der Waals surface area contributed by atoms with Crippen molar-refractivity contribution < 1.29 is 5.11 Å². The van der Waals surface area contributed by atoms with E-state index in [9.17, 15) is 5.11 Å². The maximum absolute atomic E-state index is 9.68. The Morgan fingerprint density at radius 2 is 1.94 bits per heavy atom. The molecule has 1 unspecified atom stereocenters. The van der Waals surface area contributed by atoms with Crippen molar-refractivity contribution in [2.24, 2.45) is 5.92 Å². The lowest BCUT2D eigenvalue weighted by atomic mass is 10.0. The summed E-state index contributed by atoms with van der Waals surface area (Å²) < 4.78 is 0. The van der Waals surface area contributed by atoms with Crippen LogP contribution in [-0.4, -0.2) is 23.2 Å². The maximum Gasteiger partial charge on any atom is 0.0957 e. The number of nitrogens with zero attached hydrogens (tertiary/aromatic N) is 2. The van der Waals surface area contributed by atoms with Gasteiger partial charge in [0.15, 0.2) is 0 Å². The summed E-state index contributed by atoms with van der Waals surface area (Å²) in [6.45, 7) is 8.58. The normalized spacial score (nSPS) is 14.8. The van der Waals surface area contributed by atoms with Crippen molar-refractivity contribution in [3.05, 3.63) is 24.0 Å². The minimum atomic E-state index is -0.447. The summed E-state index contributed by atoms with van der Waals surface area (Å²) in [5.41, 5.74) is 1.85. The Hall–Kier alpha value is -1.09. The number of aromatic nitrogens is 1. The van der Waals surface area contributed by atoms with E-state index in [-0.39, 0.29) is 0 Å². The molecule has 17 heavy (non-hydrogen) atoms. The first-order valence-electron chi connectivity index (χ1n) is 6.34. The van der Waals surface area contributed by atoms with Crippen molar-refractivity contribution in [3.63, 3.8) is 0 Å². The molecule has 0 saturated carbocycles. The zero-order valence-corrected chi connectivity index (χ0v) is 11.5. The van der Waals surface area contributed by atoms with E-state index < -0.39 is 6.10 Å². The topological polar surface area (TPSA) is 36.4 Å². The highest BCUT2D eigenvalue weighted by molar-refractivity contribution is 5.44. The molecule has 1 N–H and O–H groups in total. The van der Waals surface area contributed by atoms with Crippen molar-refractivity contribution in [3.8, 4) is 0 Å². The molecule has 2 atom stereocenters. The number of hydrogen-bond donors (Lipinski definition) is 1. The smallest absolute Gasteiger partial charge is 0.0957 e. The zero-order chi connectivity index (χ0) is 13.0. The van der Waals surface area contributed by atoms with Crippen LogP contribution in [0.25, 0.3) is 0 Å². The van der Waals surface area contributed by atoms with Crippen LogP contribution < -0.4 is 4.90 Å². The van der Waals surface area contributed by atoms with Gasteiger partial charge in [0.2, 0.25) is 0 Å². The van der Waals surface area contributed by atoms with Crippen LogP contribution in [0.3, 0.4) is 0 Å². The van der Waals surface area contributed by atoms with E-state index in [1.165, 1.54) is 0 Å². The average Bonchev–Trinajstić information content (AvgIpc) is 2.36. The molecule has 1 rings (SSSR count). The van der Waals surface area contributed by atoms with E-state index in [1.807, 2.05) is 25.3 Å². The van der Waals surface area contributed by atoms with Gasteiger partial charge in [-0.05, 0) is 31.4 Å². The summed E-state index contributed by atoms with van der Waals surface area (Å²) in [6, 6.07) is 4.41. The molecule has 0 aliphatic heterocycles. The van der Waals surface area contributed by atoms with Gasteiger partial charge in [-0.25, -0.2) is 0 Å². The molecule has 3 heteroatoms. The Morgan fingerprint density at radius 1 is 1.29 bits per heavy atom. The number of anilines is 1. The number of aliphatic hydroxyl groups is 1. The largest absolute Gasteiger partial charge is 0.387 e. The second-order valence-corrected chi connectivity index (χ2v) is 4.96. The van der Waals surface area contributed by atoms with Crippen LogP contribution in [0.1, 0.15) is 45.9 Å². The van der Waals surface area contributed by atoms with Gasteiger partial charge in [0, 0.05) is 13.1 Å². The zero-order valence-electron chi connectivity index (χ0n) is 11.5. The quantitative estimate of drug-likeness (QED) is 0.853. The molecule has 3 nitrogen and oxygen atoms in total. The minimum Gasteiger partial charge on any atom is -0.387 e. The number of hydrogen-bond acceptors (Lipinski definition) is 3. The Labute approximate surface area is 104 Å². The van der Waals surface area contributed by atoms with Crippen molar-refractivity contribution in [1.29, 1.82) is 0 Å². The summed E-state index contributed by atoms with van der Waals surface area (Å²) in [7, 11) is 2.08. The molecule has 1 aromatic rings. The molecule has 0 aromatic carbocycles. The second-order valence-electron chi connectivity index (χ2n) is 4.96. The lowest BCUT2D eigenvalue weighted by Gasteiger charge is -2.29. The summed E-state index contributed by atoms with van der Waals surface area (Å²) in [5, 5.41) is 9.68. The van der Waals surface area contributed by atoms with Crippen LogP contribution in [-0.2, 0) is 0 Å². The predicted octanol–water partition coefficient (Wildman–Crippen LogP) is 3.01. The molecule has 0 aliphatic rings. The van der Waals surface area contributed by atoms with Gasteiger partial charge in [-0.15, -0.1) is 0 Å². The number of aliphatic hydroxyl groups excluding tert-OH is 1. The van der Waals surface area contributed by atoms with Gasteiger partial charge in [0.1, 0.15) is 0 Å². The van der Waals surface area contributed by atoms with Gasteiger partial charge in [0.05, 0.1) is 23.7 Å². The molecule has 0 saturated heterocycles. The van der Waals surface area contributed by atoms with Crippen molar-refractivity contribution in [1.82, 2.24) is 4.98 Å². The number of pyridine rings is 1. The van der Waals surface area contributed by atoms with E-state index in [2.05, 4.69) is 37.7 Å². The lowest BCUT2D eigenvalue weighted by Crippen LogP contribution is -2.33. The standard InChI is InChI=1S/C14H24N2O/c1-6-14(17)13-8-7-12(9-15-13)16(5)11(4)10(2)3/h7-11,14,17H,6H2,1-5H3/t11?,14-/m0/s1. The molecule has 1 aromatic heterocycles. The molecule has 0 aliphatic carbocycles. The van der Waals surface area contributed by atoms with Gasteiger partial charge in [-0.2, -0.15) is 0 Å². The maximum atomic E-state index is 9.68. The van der Waals surface area contributed by atoms with Gasteiger partial charge in [-0.1, -0.05) is 20.8 Å². The first kappa shape index (κ1) is 14.0. The Bertz CT molecular complexity index is 335. The fraction of sp³-hybridized carbons (Fsp3) is 0.643. The molecule has 0 bridgehead atoms. The fourth-order valence-corrected chi connectivity index (χ4v) is 1.69. The van der Waals surface area contributed by atoms with Crippen molar-refractivity contribution in [2.75, 3.05) is 11.9 Å². The molecule has 0 spiro atoms. The minimum absolute atomic E-state index is 0.447. The third-order valence-electron chi connectivity index (χ3n) is 3.48. The summed E-state index contributed by atoms with van der Waals surface area (Å²) >= 11 is 0. The third-order valence-corrected chi connectivity index (χ3v) is 3.48. The van der Waals surface area contributed by atoms with Crippen LogP contribution in [0.15, 0.2) is 18.3 Å². The summed E-state index contributed by atoms with van der Waals surface area (Å²) in [4.78, 5) is 6.54. The Kier molecular flexibility index (Phi) is 4.94. The molecular formula is C14H24N2O. The third kappa shape index (κ3) is 3.43. The van der Waals surface area contributed by atoms with Gasteiger partial charge < -0.3 is 10.0 Å². The van der Waals surface area contributed by atoms with E-state index in [1.54, 1.807) is 0 Å². The van der Waals surface area contributed by atoms with Gasteiger partial charge in [0.25, 0.3) is 0 Å². The van der Waals surface area contributed by atoms with Crippen LogP contribution in [0.5, 0.6) is 0 Å². The van der Waals surface area contributed by atoms with Crippen LogP contribution in [0, 0.1) is 5.92 Å². The summed E-state index contributed by atoms with van der Waals surface area (Å²) in [6.07, 6.45) is 2.09. The second kappa shape index (κ2) is 6.01. The SMILES string of the molecule is CC[C@H](O)c1ccc(N(C)C(C)C(C)C)cn1. The number of rotatable bonds is 5. The average molecular weight is 236 g/mol. The predicted molar refractivity (Wildman–Crippen MR) is 72.2 cm³/mol. The van der Waals surface area contributed by atoms with E-state index in [0.717, 1.165) is 11.4 Å². The highest BCUT2D eigenvalue weighted by Gasteiger charge is 2.14. The lowest BCUT2D eigenvalue weighted by molar-refractivity contribution is 0.169. The molecule has 96 valence electrons. The molecule has 0 radical (unpaired) electrons. The molecular weight excluding hydrogens is 212 g/mol. The van der Waals surface area contributed by atoms with E-state index in [0.29, 0.717) is 18.4 Å². The Morgan fingerprint density at radius 3 is 2.35 bits per heavy atom. The molecule has 0 amide bonds. The van der Waals surface area contributed by atoms with E-state index >= 15 is 0 Å². The highest BCUT2D eigenvalue weighted by atomic mass is 16.3. The van der Waals surface area contributed by atoms with E-state index in [4.69, 9.17) is 0 Å². The van der Waals surface area contributed by atoms with Gasteiger partial charge in [-0.3, -0.25) is 4.98 Å². The van der Waals surface area contributed by atoms with Crippen molar-refractivity contribution >= 4 is 5.69 Å². The monoisotopic (exact) mass is 236 g/mol. The fourth-order valence-electron chi connectivity index (χ4n) is 1.69. The summed E-state index contributed by atoms with van der Waals surface area (Å²) in [5.74, 6) is 0.598. The van der Waals surface area contributed by atoms with Crippen LogP contribution in [0.4, 0.5) is 5.69 Å². The van der Waals surface area contributed by atoms with Crippen LogP contribution >= 0.6 is 0 Å². The first-order chi connectivity index (χ1) is 7.97. The van der Waals surface area contributed by atoms with Crippen molar-refractivity contribution in [2.45, 2.75) is 46.3 Å².